The Morgan fingerprint density at radius 2 is 1.69 bits per heavy atom. The van der Waals surface area contributed by atoms with E-state index < -0.39 is 42.5 Å². The van der Waals surface area contributed by atoms with Gasteiger partial charge in [-0.25, -0.2) is 0 Å². The van der Waals surface area contributed by atoms with E-state index in [4.69, 9.17) is 15.9 Å². The Hall–Kier alpha value is -0.130. The van der Waals surface area contributed by atoms with Gasteiger partial charge in [0.1, 0.15) is 24.4 Å². The predicted octanol–water partition coefficient (Wildman–Crippen LogP) is -3.04. The lowest BCUT2D eigenvalue weighted by Crippen LogP contribution is -2.54. The first kappa shape index (κ1) is 15.9. The minimum absolute atomic E-state index is 0.0876. The number of rotatable bonds is 7. The molecule has 0 spiro atoms. The van der Waals surface area contributed by atoms with E-state index in [0.29, 0.717) is 0 Å². The molecule has 0 aliphatic rings. The van der Waals surface area contributed by atoms with Gasteiger partial charge in [0.2, 0.25) is 11.6 Å². The van der Waals surface area contributed by atoms with Crippen molar-refractivity contribution in [2.45, 2.75) is 24.4 Å². The van der Waals surface area contributed by atoms with Crippen LogP contribution in [0.5, 0.6) is 0 Å². The lowest BCUT2D eigenvalue weighted by molar-refractivity contribution is -0.140. The van der Waals surface area contributed by atoms with Crippen molar-refractivity contribution >= 4 is 34.2 Å². The van der Waals surface area contributed by atoms with E-state index in [1.165, 1.54) is 0 Å². The van der Waals surface area contributed by atoms with Gasteiger partial charge in [0.25, 0.3) is 0 Å². The number of carbonyl (C=O) groups excluding carboxylic acids is 2. The smallest absolute Gasteiger partial charge is 0.218 e. The van der Waals surface area contributed by atoms with Crippen molar-refractivity contribution in [1.82, 2.24) is 0 Å². The molecule has 0 aliphatic heterocycles. The Balaban J connectivity index is 4.54. The van der Waals surface area contributed by atoms with Crippen molar-refractivity contribution in [2.75, 3.05) is 11.0 Å². The predicted molar refractivity (Wildman–Crippen MR) is 62.0 cm³/mol. The van der Waals surface area contributed by atoms with Crippen LogP contribution in [0.25, 0.3) is 0 Å². The highest BCUT2D eigenvalue weighted by Gasteiger charge is 2.35. The van der Waals surface area contributed by atoms with Gasteiger partial charge in [-0.2, -0.15) is 0 Å². The summed E-state index contributed by atoms with van der Waals surface area (Å²) in [5.41, 5.74) is 5.25. The third-order valence-corrected chi connectivity index (χ3v) is 2.69. The highest BCUT2D eigenvalue weighted by atomic mass is 127. The normalized spacial score (nSPS) is 18.6. The molecule has 8 heteroatoms. The third-order valence-electron chi connectivity index (χ3n) is 2.00. The number of Topliss-reactive ketones (excluding diaryl/α,β-unsaturated/α-hetero) is 2. The number of ketones is 2. The van der Waals surface area contributed by atoms with Gasteiger partial charge in [-0.3, -0.25) is 9.59 Å². The summed E-state index contributed by atoms with van der Waals surface area (Å²) in [6.07, 6.45) is -5.21. The fraction of sp³-hybridized carbons (Fsp3) is 0.750. The second-order valence-electron chi connectivity index (χ2n) is 3.18. The molecule has 0 fully saturated rings. The molecule has 0 bridgehead atoms. The molecule has 0 aliphatic carbocycles. The van der Waals surface area contributed by atoms with Crippen molar-refractivity contribution in [2.24, 2.45) is 5.73 Å². The molecule has 0 heterocycles. The fourth-order valence-electron chi connectivity index (χ4n) is 0.955. The number of alkyl halides is 1. The standard InChI is InChI=1S/C8H14INO6/c9-1-3(12)6(14)5(10)8(16)7(15)4(13)2-11/h4-5,7-8,11,13,15-16H,1-2,10H2/t4-,5+,7+,8-/m1/s1. The lowest BCUT2D eigenvalue weighted by atomic mass is 9.97. The van der Waals surface area contributed by atoms with Crippen molar-refractivity contribution in [3.8, 4) is 0 Å². The first-order valence-corrected chi connectivity index (χ1v) is 5.93. The summed E-state index contributed by atoms with van der Waals surface area (Å²) in [5, 5.41) is 36.2. The Morgan fingerprint density at radius 3 is 2.06 bits per heavy atom. The van der Waals surface area contributed by atoms with Gasteiger partial charge in [0, 0.05) is 0 Å². The van der Waals surface area contributed by atoms with Crippen LogP contribution in [0.2, 0.25) is 0 Å². The molecule has 0 radical (unpaired) electrons. The van der Waals surface area contributed by atoms with Crippen LogP contribution in [-0.2, 0) is 9.59 Å². The molecule has 94 valence electrons. The first-order valence-electron chi connectivity index (χ1n) is 4.40. The molecule has 0 unspecified atom stereocenters. The van der Waals surface area contributed by atoms with Crippen molar-refractivity contribution in [1.29, 1.82) is 0 Å². The zero-order chi connectivity index (χ0) is 12.9. The van der Waals surface area contributed by atoms with Crippen LogP contribution in [0.1, 0.15) is 0 Å². The number of nitrogens with two attached hydrogens (primary N) is 1. The maximum absolute atomic E-state index is 11.2. The molecule has 0 saturated carbocycles. The van der Waals surface area contributed by atoms with Gasteiger partial charge in [-0.1, -0.05) is 22.6 Å². The van der Waals surface area contributed by atoms with E-state index in [1.54, 1.807) is 22.6 Å². The molecule has 4 atom stereocenters. The fourth-order valence-corrected chi connectivity index (χ4v) is 1.33. The third kappa shape index (κ3) is 4.03. The molecule has 0 rings (SSSR count). The number of aliphatic hydroxyl groups is 4. The van der Waals surface area contributed by atoms with Crippen LogP contribution < -0.4 is 5.73 Å². The molecule has 0 aromatic carbocycles. The van der Waals surface area contributed by atoms with Gasteiger partial charge < -0.3 is 26.2 Å². The van der Waals surface area contributed by atoms with E-state index in [1.807, 2.05) is 0 Å². The topological polar surface area (TPSA) is 141 Å². The minimum Gasteiger partial charge on any atom is -0.394 e. The van der Waals surface area contributed by atoms with Crippen LogP contribution in [0.4, 0.5) is 0 Å². The number of aliphatic hydroxyl groups excluding tert-OH is 4. The van der Waals surface area contributed by atoms with E-state index in [2.05, 4.69) is 0 Å². The van der Waals surface area contributed by atoms with Gasteiger partial charge in [-0.15, -0.1) is 0 Å². The molecule has 0 saturated heterocycles. The molecule has 0 aromatic heterocycles. The van der Waals surface area contributed by atoms with Crippen LogP contribution in [0.15, 0.2) is 0 Å². The Labute approximate surface area is 105 Å². The molecule has 16 heavy (non-hydrogen) atoms. The number of hydrogen-bond acceptors (Lipinski definition) is 7. The average Bonchev–Trinajstić information content (AvgIpc) is 2.32. The number of carbonyl (C=O) groups is 2. The zero-order valence-corrected chi connectivity index (χ0v) is 10.4. The summed E-state index contributed by atoms with van der Waals surface area (Å²) in [6, 6.07) is -1.61. The Kier molecular flexibility index (Phi) is 7.19. The van der Waals surface area contributed by atoms with E-state index >= 15 is 0 Å². The highest BCUT2D eigenvalue weighted by molar-refractivity contribution is 14.1. The molecule has 7 nitrogen and oxygen atoms in total. The second kappa shape index (κ2) is 7.25. The average molecular weight is 347 g/mol. The zero-order valence-electron chi connectivity index (χ0n) is 8.28. The van der Waals surface area contributed by atoms with Crippen LogP contribution >= 0.6 is 22.6 Å². The summed E-state index contributed by atoms with van der Waals surface area (Å²) in [6.45, 7) is -0.792. The number of hydrogen-bond donors (Lipinski definition) is 5. The van der Waals surface area contributed by atoms with Gasteiger partial charge >= 0.3 is 0 Å². The van der Waals surface area contributed by atoms with E-state index in [0.717, 1.165) is 0 Å². The quantitative estimate of drug-likeness (QED) is 0.187. The van der Waals surface area contributed by atoms with E-state index in [-0.39, 0.29) is 4.43 Å². The van der Waals surface area contributed by atoms with Gasteiger partial charge in [-0.05, 0) is 0 Å². The van der Waals surface area contributed by atoms with Crippen LogP contribution in [0, 0.1) is 0 Å². The largest absolute Gasteiger partial charge is 0.394 e. The molecule has 0 aromatic rings. The van der Waals surface area contributed by atoms with Crippen LogP contribution in [-0.4, -0.2) is 67.4 Å². The molecule has 0 amide bonds. The second-order valence-corrected chi connectivity index (χ2v) is 3.94. The molecular formula is C8H14INO6. The number of halogens is 1. The summed E-state index contributed by atoms with van der Waals surface area (Å²) in [4.78, 5) is 22.2. The summed E-state index contributed by atoms with van der Waals surface area (Å²) in [5.74, 6) is -1.80. The van der Waals surface area contributed by atoms with Crippen molar-refractivity contribution in [3.63, 3.8) is 0 Å². The Morgan fingerprint density at radius 1 is 1.19 bits per heavy atom. The lowest BCUT2D eigenvalue weighted by Gasteiger charge is -2.24. The van der Waals surface area contributed by atoms with Crippen molar-refractivity contribution in [3.05, 3.63) is 0 Å². The minimum atomic E-state index is -1.80. The summed E-state index contributed by atoms with van der Waals surface area (Å²) < 4.78 is -0.0876. The SMILES string of the molecule is N[C@@H](C(=O)C(=O)CI)[C@@H](O)[C@@H](O)[C@H](O)CO. The van der Waals surface area contributed by atoms with Crippen LogP contribution in [0.3, 0.4) is 0 Å². The molecule has 6 N–H and O–H groups in total. The highest BCUT2D eigenvalue weighted by Crippen LogP contribution is 2.05. The molecular weight excluding hydrogens is 333 g/mol. The summed E-state index contributed by atoms with van der Waals surface area (Å²) in [7, 11) is 0. The van der Waals surface area contributed by atoms with Gasteiger partial charge in [0.05, 0.1) is 11.0 Å². The van der Waals surface area contributed by atoms with Crippen molar-refractivity contribution < 1.29 is 30.0 Å². The first-order chi connectivity index (χ1) is 7.36. The monoisotopic (exact) mass is 347 g/mol. The van der Waals surface area contributed by atoms with Gasteiger partial charge in [0.15, 0.2) is 0 Å². The van der Waals surface area contributed by atoms with E-state index in [9.17, 15) is 19.8 Å². The summed E-state index contributed by atoms with van der Waals surface area (Å²) >= 11 is 1.66. The maximum atomic E-state index is 11.2. The Bertz CT molecular complexity index is 261. The maximum Gasteiger partial charge on any atom is 0.218 e.